The number of halogens is 2. The Balaban J connectivity index is 0. The molecule has 1 nitrogen and oxygen atoms in total. The molecule has 0 aromatic carbocycles. The molecule has 0 bridgehead atoms. The Labute approximate surface area is 58.6 Å². The van der Waals surface area contributed by atoms with Gasteiger partial charge < -0.3 is 24.8 Å². The molecular formula is C3H4Cl2NS-. The van der Waals surface area contributed by atoms with Gasteiger partial charge in [0.2, 0.25) is 5.51 Å². The van der Waals surface area contributed by atoms with Crippen LogP contribution in [0.5, 0.6) is 0 Å². The third-order valence-electron chi connectivity index (χ3n) is 0.379. The van der Waals surface area contributed by atoms with E-state index in [9.17, 15) is 0 Å². The lowest BCUT2D eigenvalue weighted by atomic mass is 11.0. The average molecular weight is 157 g/mol. The van der Waals surface area contributed by atoms with Gasteiger partial charge in [-0.3, -0.25) is 0 Å². The van der Waals surface area contributed by atoms with Crippen molar-refractivity contribution in [2.45, 2.75) is 0 Å². The van der Waals surface area contributed by atoms with Crippen molar-refractivity contribution < 1.29 is 29.8 Å². The van der Waals surface area contributed by atoms with Crippen molar-refractivity contribution in [3.63, 3.8) is 0 Å². The molecule has 1 heterocycles. The van der Waals surface area contributed by atoms with Gasteiger partial charge in [0.25, 0.3) is 0 Å². The summed E-state index contributed by atoms with van der Waals surface area (Å²) in [5.41, 5.74) is 1.92. The zero-order valence-electron chi connectivity index (χ0n) is 3.40. The summed E-state index contributed by atoms with van der Waals surface area (Å²) in [7, 11) is 0. The zero-order valence-corrected chi connectivity index (χ0v) is 5.72. The van der Waals surface area contributed by atoms with Crippen LogP contribution in [0.1, 0.15) is 0 Å². The molecule has 0 spiro atoms. The summed E-state index contributed by atoms with van der Waals surface area (Å²) in [6.45, 7) is 0. The van der Waals surface area contributed by atoms with E-state index in [-0.39, 0.29) is 24.8 Å². The molecule has 42 valence electrons. The fraction of sp³-hybridized carbons (Fsp3) is 0. The quantitative estimate of drug-likeness (QED) is 0.357. The minimum absolute atomic E-state index is 0. The Kier molecular flexibility index (Phi) is 9.09. The average Bonchev–Trinajstić information content (AvgIpc) is 1.76. The highest BCUT2D eigenvalue weighted by Gasteiger charge is 1.68. The van der Waals surface area contributed by atoms with E-state index in [0.29, 0.717) is 0 Å². The van der Waals surface area contributed by atoms with Gasteiger partial charge in [-0.25, -0.2) is 4.98 Å². The second-order valence-corrected chi connectivity index (χ2v) is 1.50. The third-order valence-corrected chi connectivity index (χ3v) is 0.944. The van der Waals surface area contributed by atoms with Crippen LogP contribution in [0.4, 0.5) is 0 Å². The maximum Gasteiger partial charge on any atom is 0.222 e. The van der Waals surface area contributed by atoms with Crippen LogP contribution in [-0.2, 0) is 0 Å². The monoisotopic (exact) mass is 156 g/mol. The maximum absolute atomic E-state index is 2.88. The minimum Gasteiger partial charge on any atom is -1.00 e. The molecule has 0 saturated heterocycles. The summed E-state index contributed by atoms with van der Waals surface area (Å²) in [4.78, 5) is 2.88. The van der Waals surface area contributed by atoms with Crippen molar-refractivity contribution in [2.75, 3.05) is 0 Å². The van der Waals surface area contributed by atoms with Gasteiger partial charge in [0.1, 0.15) is 0 Å². The van der Waals surface area contributed by atoms with E-state index >= 15 is 0 Å². The molecule has 0 fully saturated rings. The van der Waals surface area contributed by atoms with Crippen LogP contribution in [0.3, 0.4) is 0 Å². The fourth-order valence-corrected chi connectivity index (χ4v) is 0.589. The fourth-order valence-electron chi connectivity index (χ4n) is 0.196. The number of hydrogen-bond acceptors (Lipinski definition) is 1. The van der Waals surface area contributed by atoms with E-state index in [1.54, 1.807) is 11.3 Å². The molecule has 1 aromatic heterocycles. The summed E-state index contributed by atoms with van der Waals surface area (Å²) in [6, 6.07) is 0. The minimum atomic E-state index is 0. The Morgan fingerprint density at radius 2 is 2.00 bits per heavy atom. The smallest absolute Gasteiger partial charge is 0.222 e. The summed E-state index contributed by atoms with van der Waals surface area (Å²) in [6.07, 6.45) is 1.89. The van der Waals surface area contributed by atoms with Crippen molar-refractivity contribution in [1.29, 1.82) is 0 Å². The number of aromatic nitrogens is 1. The van der Waals surface area contributed by atoms with Gasteiger partial charge in [-0.1, -0.05) is 11.3 Å². The van der Waals surface area contributed by atoms with Gasteiger partial charge in [0.15, 0.2) is 6.20 Å². The van der Waals surface area contributed by atoms with E-state index in [4.69, 9.17) is 0 Å². The highest BCUT2D eigenvalue weighted by molar-refractivity contribution is 7.07. The summed E-state index contributed by atoms with van der Waals surface area (Å²) in [5, 5.41) is 1.99. The number of thiazole rings is 1. The highest BCUT2D eigenvalue weighted by atomic mass is 35.5. The molecule has 0 saturated carbocycles. The lowest BCUT2D eigenvalue weighted by Gasteiger charge is -1.32. The molecule has 1 N–H and O–H groups in total. The zero-order chi connectivity index (χ0) is 3.54. The van der Waals surface area contributed by atoms with Crippen LogP contribution < -0.4 is 29.8 Å². The van der Waals surface area contributed by atoms with Gasteiger partial charge >= 0.3 is 0 Å². The van der Waals surface area contributed by atoms with E-state index in [1.165, 1.54) is 0 Å². The molecule has 0 atom stereocenters. The lowest BCUT2D eigenvalue weighted by Crippen LogP contribution is -3.00. The number of rotatable bonds is 0. The highest BCUT2D eigenvalue weighted by Crippen LogP contribution is 1.80. The van der Waals surface area contributed by atoms with Crippen LogP contribution in [0, 0.1) is 0 Å². The predicted molar refractivity (Wildman–Crippen MR) is 20.9 cm³/mol. The first kappa shape index (κ1) is 10.2. The van der Waals surface area contributed by atoms with Gasteiger partial charge in [-0.05, 0) is 0 Å². The first-order valence-electron chi connectivity index (χ1n) is 1.38. The van der Waals surface area contributed by atoms with Crippen LogP contribution >= 0.6 is 11.3 Å². The molecular weight excluding hydrogens is 153 g/mol. The third kappa shape index (κ3) is 4.05. The molecule has 0 radical (unpaired) electrons. The number of aromatic amines is 1. The Bertz CT molecular complexity index is 69.4. The Hall–Kier alpha value is 0.210. The number of hydrogen-bond donors (Lipinski definition) is 0. The van der Waals surface area contributed by atoms with Crippen molar-refractivity contribution in [3.8, 4) is 0 Å². The van der Waals surface area contributed by atoms with Gasteiger partial charge in [-0.15, -0.1) is 0 Å². The predicted octanol–water partition coefficient (Wildman–Crippen LogP) is -5.43. The standard InChI is InChI=1S/C3H3NS.2ClH/c1-2-5-3-4-1;;/h1-3H;2*1H/p-1. The molecule has 1 aromatic rings. The van der Waals surface area contributed by atoms with Crippen molar-refractivity contribution in [1.82, 2.24) is 0 Å². The molecule has 4 heteroatoms. The lowest BCUT2D eigenvalue weighted by molar-refractivity contribution is -0.370. The Morgan fingerprint density at radius 1 is 1.29 bits per heavy atom. The molecule has 0 aliphatic rings. The topological polar surface area (TPSA) is 14.1 Å². The van der Waals surface area contributed by atoms with Crippen LogP contribution in [0.2, 0.25) is 0 Å². The summed E-state index contributed by atoms with van der Waals surface area (Å²) in [5.74, 6) is 0. The number of nitrogens with one attached hydrogen (secondary N) is 1. The van der Waals surface area contributed by atoms with E-state index in [2.05, 4.69) is 4.98 Å². The van der Waals surface area contributed by atoms with Gasteiger partial charge in [0.05, 0.1) is 5.38 Å². The van der Waals surface area contributed by atoms with Crippen molar-refractivity contribution in [2.24, 2.45) is 0 Å². The SMILES string of the molecule is [Cl-].[Cl-].c1csc[nH+]1. The second kappa shape index (κ2) is 6.21. The first-order valence-corrected chi connectivity index (χ1v) is 2.32. The Morgan fingerprint density at radius 3 is 2.14 bits per heavy atom. The second-order valence-electron chi connectivity index (χ2n) is 0.723. The molecule has 1 rings (SSSR count). The van der Waals surface area contributed by atoms with Crippen LogP contribution in [0.15, 0.2) is 17.1 Å². The van der Waals surface area contributed by atoms with Gasteiger partial charge in [0, 0.05) is 0 Å². The van der Waals surface area contributed by atoms with E-state index in [0.717, 1.165) is 0 Å². The summed E-state index contributed by atoms with van der Waals surface area (Å²) < 4.78 is 0. The normalized spacial score (nSPS) is 5.71. The van der Waals surface area contributed by atoms with E-state index in [1.807, 2.05) is 17.1 Å². The molecule has 7 heavy (non-hydrogen) atoms. The molecule has 0 amide bonds. The van der Waals surface area contributed by atoms with Crippen LogP contribution in [0.25, 0.3) is 0 Å². The molecule has 0 aliphatic heterocycles. The molecule has 0 unspecified atom stereocenters. The van der Waals surface area contributed by atoms with Gasteiger partial charge in [-0.2, -0.15) is 0 Å². The maximum atomic E-state index is 2.88. The number of H-pyrrole nitrogens is 1. The van der Waals surface area contributed by atoms with Crippen molar-refractivity contribution in [3.05, 3.63) is 17.1 Å². The van der Waals surface area contributed by atoms with Crippen LogP contribution in [-0.4, -0.2) is 0 Å². The van der Waals surface area contributed by atoms with E-state index < -0.39 is 0 Å². The summed E-state index contributed by atoms with van der Waals surface area (Å²) >= 11 is 1.66. The molecule has 0 aliphatic carbocycles. The van der Waals surface area contributed by atoms with Crippen molar-refractivity contribution >= 4 is 11.3 Å². The first-order chi connectivity index (χ1) is 2.50. The largest absolute Gasteiger partial charge is 1.00 e.